The summed E-state index contributed by atoms with van der Waals surface area (Å²) in [7, 11) is 0. The van der Waals surface area contributed by atoms with Gasteiger partial charge in [-0.25, -0.2) is 18.2 Å². The molecule has 7 nitrogen and oxygen atoms in total. The third-order valence-corrected chi connectivity index (χ3v) is 6.58. The maximum Gasteiger partial charge on any atom is 0.256 e. The van der Waals surface area contributed by atoms with Gasteiger partial charge in [-0.2, -0.15) is 5.26 Å². The first kappa shape index (κ1) is 28.1. The van der Waals surface area contributed by atoms with Crippen LogP contribution in [0.5, 0.6) is 0 Å². The number of nitrogens with zero attached hydrogens (tertiary/aromatic N) is 3. The zero-order valence-electron chi connectivity index (χ0n) is 22.7. The molecule has 39 heavy (non-hydrogen) atoms. The van der Waals surface area contributed by atoms with E-state index in [4.69, 9.17) is 4.74 Å². The first-order valence-electron chi connectivity index (χ1n) is 13.1. The first-order chi connectivity index (χ1) is 18.5. The summed E-state index contributed by atoms with van der Waals surface area (Å²) in [4.78, 5) is 4.48. The van der Waals surface area contributed by atoms with Gasteiger partial charge in [0.25, 0.3) is 6.43 Å². The number of fused-ring (bicyclic) bond motifs is 1. The molecule has 3 aromatic rings. The van der Waals surface area contributed by atoms with Crippen molar-refractivity contribution in [3.8, 4) is 6.07 Å². The van der Waals surface area contributed by atoms with E-state index >= 15 is 4.39 Å². The lowest BCUT2D eigenvalue weighted by Gasteiger charge is -2.32. The Morgan fingerprint density at radius 3 is 2.62 bits per heavy atom. The summed E-state index contributed by atoms with van der Waals surface area (Å²) in [5.74, 6) is 0.333. The molecule has 0 unspecified atom stereocenters. The maximum absolute atomic E-state index is 15.2. The highest BCUT2D eigenvalue weighted by Gasteiger charge is 2.37. The SMILES string of the molecule is C=C(N[C@@H](CC)[C@H](Nc1nc(Nc2cccc3c2ccn3CC(F)F)c(C#N)cc1F)C1CC1)OC(C)(C)C. The standard InChI is InChI=1S/C29H35F3N6O/c1-6-22(34-17(2)39-29(3,4)5)26(18-10-11-18)36-28-21(30)14-19(15-33)27(37-28)35-23-8-7-9-24-20(23)12-13-38(24)16-25(31)32/h7-9,12-14,18,22,25-26,34H,2,6,10-11,16H2,1,3-5H3,(H2,35,36,37)/t22-,26+/m0/s1. The van der Waals surface area contributed by atoms with Gasteiger partial charge in [-0.05, 0) is 76.8 Å². The topological polar surface area (TPSA) is 86.9 Å². The van der Waals surface area contributed by atoms with Crippen molar-refractivity contribution in [3.05, 3.63) is 60.4 Å². The number of anilines is 3. The van der Waals surface area contributed by atoms with Gasteiger partial charge in [-0.1, -0.05) is 13.0 Å². The Morgan fingerprint density at radius 2 is 2.00 bits per heavy atom. The second-order valence-electron chi connectivity index (χ2n) is 10.9. The quantitative estimate of drug-likeness (QED) is 0.217. The van der Waals surface area contributed by atoms with E-state index < -0.39 is 24.4 Å². The number of hydrogen-bond acceptors (Lipinski definition) is 6. The van der Waals surface area contributed by atoms with Crippen molar-refractivity contribution in [2.45, 2.75) is 77.6 Å². The molecular weight excluding hydrogens is 505 g/mol. The fourth-order valence-electron chi connectivity index (χ4n) is 4.75. The molecule has 0 amide bonds. The number of hydrogen-bond donors (Lipinski definition) is 3. The summed E-state index contributed by atoms with van der Waals surface area (Å²) in [5.41, 5.74) is 0.810. The van der Waals surface area contributed by atoms with Gasteiger partial charge >= 0.3 is 0 Å². The fraction of sp³-hybridized carbons (Fsp3) is 0.448. The van der Waals surface area contributed by atoms with Crippen LogP contribution >= 0.6 is 0 Å². The lowest BCUT2D eigenvalue weighted by atomic mass is 10.0. The Labute approximate surface area is 227 Å². The van der Waals surface area contributed by atoms with Crippen LogP contribution in [0.15, 0.2) is 49.0 Å². The molecule has 0 bridgehead atoms. The number of benzene rings is 1. The number of alkyl halides is 2. The van der Waals surface area contributed by atoms with Crippen LogP contribution < -0.4 is 16.0 Å². The van der Waals surface area contributed by atoms with Crippen molar-refractivity contribution in [1.82, 2.24) is 14.9 Å². The van der Waals surface area contributed by atoms with Crippen LogP contribution in [0, 0.1) is 23.1 Å². The van der Waals surface area contributed by atoms with Crippen LogP contribution in [0.1, 0.15) is 52.5 Å². The highest BCUT2D eigenvalue weighted by molar-refractivity contribution is 5.94. The van der Waals surface area contributed by atoms with Gasteiger partial charge in [-0.15, -0.1) is 0 Å². The molecular formula is C29H35F3N6O. The zero-order valence-corrected chi connectivity index (χ0v) is 22.7. The van der Waals surface area contributed by atoms with E-state index in [2.05, 4.69) is 27.5 Å². The van der Waals surface area contributed by atoms with Gasteiger partial charge in [0.1, 0.15) is 11.7 Å². The largest absolute Gasteiger partial charge is 0.474 e. The van der Waals surface area contributed by atoms with E-state index in [1.54, 1.807) is 30.5 Å². The van der Waals surface area contributed by atoms with E-state index in [1.807, 2.05) is 33.8 Å². The molecule has 4 rings (SSSR count). The number of aromatic nitrogens is 2. The summed E-state index contributed by atoms with van der Waals surface area (Å²) in [6.07, 6.45) is 1.84. The second-order valence-corrected chi connectivity index (χ2v) is 10.9. The maximum atomic E-state index is 15.2. The molecule has 0 aliphatic heterocycles. The first-order valence-corrected chi connectivity index (χ1v) is 13.1. The molecule has 2 atom stereocenters. The van der Waals surface area contributed by atoms with Crippen molar-refractivity contribution in [2.75, 3.05) is 10.6 Å². The highest BCUT2D eigenvalue weighted by atomic mass is 19.3. The number of nitriles is 1. The number of halogens is 3. The molecule has 1 saturated carbocycles. The van der Waals surface area contributed by atoms with Gasteiger partial charge in [0, 0.05) is 23.3 Å². The van der Waals surface area contributed by atoms with Gasteiger partial charge < -0.3 is 25.3 Å². The minimum absolute atomic E-state index is 0.0263. The lowest BCUT2D eigenvalue weighted by molar-refractivity contribution is 0.0372. The van der Waals surface area contributed by atoms with Crippen molar-refractivity contribution >= 4 is 28.2 Å². The van der Waals surface area contributed by atoms with Crippen molar-refractivity contribution in [2.24, 2.45) is 5.92 Å². The lowest BCUT2D eigenvalue weighted by Crippen LogP contribution is -2.46. The molecule has 1 aliphatic rings. The van der Waals surface area contributed by atoms with E-state index in [0.717, 1.165) is 25.3 Å². The average molecular weight is 541 g/mol. The van der Waals surface area contributed by atoms with Crippen LogP contribution in [-0.2, 0) is 11.3 Å². The molecule has 0 spiro atoms. The third kappa shape index (κ3) is 6.96. The van der Waals surface area contributed by atoms with Crippen LogP contribution in [0.25, 0.3) is 10.9 Å². The molecule has 10 heteroatoms. The third-order valence-electron chi connectivity index (χ3n) is 6.58. The number of rotatable bonds is 12. The molecule has 3 N–H and O–H groups in total. The Balaban J connectivity index is 1.61. The molecule has 1 fully saturated rings. The normalized spacial score (nSPS) is 15.1. The predicted molar refractivity (Wildman–Crippen MR) is 147 cm³/mol. The summed E-state index contributed by atoms with van der Waals surface area (Å²) in [5, 5.41) is 20.1. The average Bonchev–Trinajstić information content (AvgIpc) is 3.62. The second kappa shape index (κ2) is 11.5. The minimum atomic E-state index is -2.49. The van der Waals surface area contributed by atoms with Crippen LogP contribution in [0.3, 0.4) is 0 Å². The van der Waals surface area contributed by atoms with E-state index in [-0.39, 0.29) is 29.3 Å². The van der Waals surface area contributed by atoms with Crippen molar-refractivity contribution in [3.63, 3.8) is 0 Å². The van der Waals surface area contributed by atoms with Gasteiger partial charge in [0.15, 0.2) is 23.3 Å². The van der Waals surface area contributed by atoms with E-state index in [9.17, 15) is 14.0 Å². The van der Waals surface area contributed by atoms with Gasteiger partial charge in [0.05, 0.1) is 23.7 Å². The smallest absolute Gasteiger partial charge is 0.256 e. The molecule has 2 aromatic heterocycles. The predicted octanol–water partition coefficient (Wildman–Crippen LogP) is 6.90. The molecule has 208 valence electrons. The number of pyridine rings is 1. The van der Waals surface area contributed by atoms with E-state index in [1.165, 1.54) is 4.57 Å². The minimum Gasteiger partial charge on any atom is -0.474 e. The summed E-state index contributed by atoms with van der Waals surface area (Å²) >= 11 is 0. The van der Waals surface area contributed by atoms with Crippen LogP contribution in [0.4, 0.5) is 30.5 Å². The molecule has 0 saturated heterocycles. The fourth-order valence-corrected chi connectivity index (χ4v) is 4.75. The van der Waals surface area contributed by atoms with Crippen molar-refractivity contribution < 1.29 is 17.9 Å². The molecule has 2 heterocycles. The number of nitrogens with one attached hydrogen (secondary N) is 3. The Bertz CT molecular complexity index is 1370. The summed E-state index contributed by atoms with van der Waals surface area (Å²) in [6.45, 7) is 11.4. The molecule has 0 radical (unpaired) electrons. The Hall–Kier alpha value is -3.87. The van der Waals surface area contributed by atoms with Crippen LogP contribution in [0.2, 0.25) is 0 Å². The summed E-state index contributed by atoms with van der Waals surface area (Å²) in [6, 6.07) is 9.87. The zero-order chi connectivity index (χ0) is 28.3. The number of ether oxygens (including phenoxy) is 1. The van der Waals surface area contributed by atoms with E-state index in [0.29, 0.717) is 28.4 Å². The molecule has 1 aliphatic carbocycles. The monoisotopic (exact) mass is 540 g/mol. The summed E-state index contributed by atoms with van der Waals surface area (Å²) < 4.78 is 48.5. The van der Waals surface area contributed by atoms with Crippen molar-refractivity contribution in [1.29, 1.82) is 5.26 Å². The highest BCUT2D eigenvalue weighted by Crippen LogP contribution is 2.37. The van der Waals surface area contributed by atoms with Crippen LogP contribution in [-0.4, -0.2) is 33.7 Å². The Kier molecular flexibility index (Phi) is 8.28. The van der Waals surface area contributed by atoms with Gasteiger partial charge in [-0.3, -0.25) is 0 Å². The Morgan fingerprint density at radius 1 is 1.26 bits per heavy atom. The van der Waals surface area contributed by atoms with Gasteiger partial charge in [0.2, 0.25) is 0 Å². The molecule has 1 aromatic carbocycles.